The van der Waals surface area contributed by atoms with Crippen LogP contribution < -0.4 is 5.73 Å². The summed E-state index contributed by atoms with van der Waals surface area (Å²) in [6.07, 6.45) is 0. The molecule has 0 bridgehead atoms. The third kappa shape index (κ3) is 2.70. The topological polar surface area (TPSA) is 46.2 Å². The van der Waals surface area contributed by atoms with Gasteiger partial charge in [-0.05, 0) is 5.56 Å². The lowest BCUT2D eigenvalue weighted by Crippen LogP contribution is -2.13. The molecule has 1 aromatic carbocycles. The Morgan fingerprint density at radius 2 is 1.82 bits per heavy atom. The third-order valence-corrected chi connectivity index (χ3v) is 1.42. The molecular formula is C9H15NO. The van der Waals surface area contributed by atoms with E-state index in [0.717, 1.165) is 5.56 Å². The molecule has 62 valence electrons. The summed E-state index contributed by atoms with van der Waals surface area (Å²) in [5, 5.41) is 8.66. The molecule has 0 heterocycles. The lowest BCUT2D eigenvalue weighted by Gasteiger charge is -2.06. The summed E-state index contributed by atoms with van der Waals surface area (Å²) < 4.78 is 0. The Balaban J connectivity index is 0.000001000. The highest BCUT2D eigenvalue weighted by Gasteiger charge is 2.00. The monoisotopic (exact) mass is 153 g/mol. The summed E-state index contributed by atoms with van der Waals surface area (Å²) in [6.45, 7) is 0.00398. The summed E-state index contributed by atoms with van der Waals surface area (Å²) in [6, 6.07) is 9.31. The summed E-state index contributed by atoms with van der Waals surface area (Å²) in [4.78, 5) is 0. The van der Waals surface area contributed by atoms with Crippen molar-refractivity contribution in [2.24, 2.45) is 5.73 Å². The molecule has 1 rings (SSSR count). The molecule has 0 aliphatic rings. The molecule has 0 radical (unpaired) electrons. The van der Waals surface area contributed by atoms with Gasteiger partial charge in [-0.2, -0.15) is 0 Å². The highest BCUT2D eigenvalue weighted by Crippen LogP contribution is 2.06. The minimum atomic E-state index is -0.235. The lowest BCUT2D eigenvalue weighted by atomic mass is 10.1. The molecule has 0 amide bonds. The minimum absolute atomic E-state index is 0. The number of rotatable bonds is 2. The average Bonchev–Trinajstić information content (AvgIpc) is 2.05. The number of aliphatic hydroxyl groups excluding tert-OH is 1. The Bertz CT molecular complexity index is 186. The molecule has 3 N–H and O–H groups in total. The van der Waals surface area contributed by atoms with Gasteiger partial charge in [0.05, 0.1) is 12.6 Å². The van der Waals surface area contributed by atoms with Crippen LogP contribution in [0, 0.1) is 0 Å². The fourth-order valence-corrected chi connectivity index (χ4v) is 0.806. The second-order valence-corrected chi connectivity index (χ2v) is 2.20. The number of hydrogen-bond acceptors (Lipinski definition) is 2. The van der Waals surface area contributed by atoms with Crippen LogP contribution in [0.15, 0.2) is 30.3 Å². The van der Waals surface area contributed by atoms with Gasteiger partial charge in [0.2, 0.25) is 0 Å². The van der Waals surface area contributed by atoms with Gasteiger partial charge in [-0.3, -0.25) is 0 Å². The average molecular weight is 153 g/mol. The minimum Gasteiger partial charge on any atom is -0.394 e. The van der Waals surface area contributed by atoms with Crippen LogP contribution in [-0.4, -0.2) is 11.7 Å². The van der Waals surface area contributed by atoms with E-state index in [1.807, 2.05) is 30.3 Å². The van der Waals surface area contributed by atoms with E-state index in [-0.39, 0.29) is 20.1 Å². The molecule has 0 unspecified atom stereocenters. The molecule has 0 saturated heterocycles. The van der Waals surface area contributed by atoms with E-state index in [1.165, 1.54) is 0 Å². The zero-order valence-corrected chi connectivity index (χ0v) is 5.70. The highest BCUT2D eigenvalue weighted by atomic mass is 16.3. The van der Waals surface area contributed by atoms with Crippen LogP contribution in [0.1, 0.15) is 19.0 Å². The molecule has 11 heavy (non-hydrogen) atoms. The van der Waals surface area contributed by atoms with Gasteiger partial charge in [-0.25, -0.2) is 0 Å². The molecule has 1 atom stereocenters. The fourth-order valence-electron chi connectivity index (χ4n) is 0.806. The Morgan fingerprint density at radius 1 is 1.27 bits per heavy atom. The molecule has 0 aliphatic carbocycles. The van der Waals surface area contributed by atoms with E-state index < -0.39 is 0 Å². The zero-order chi connectivity index (χ0) is 7.40. The van der Waals surface area contributed by atoms with Crippen LogP contribution in [-0.2, 0) is 0 Å². The van der Waals surface area contributed by atoms with Gasteiger partial charge >= 0.3 is 0 Å². The van der Waals surface area contributed by atoms with E-state index >= 15 is 0 Å². The molecular weight excluding hydrogens is 138 g/mol. The van der Waals surface area contributed by atoms with Gasteiger partial charge in [0, 0.05) is 0 Å². The maximum absolute atomic E-state index is 8.66. The first-order valence-corrected chi connectivity index (χ1v) is 3.26. The van der Waals surface area contributed by atoms with Gasteiger partial charge in [-0.1, -0.05) is 37.8 Å². The van der Waals surface area contributed by atoms with Crippen molar-refractivity contribution in [2.75, 3.05) is 6.61 Å². The van der Waals surface area contributed by atoms with E-state index in [4.69, 9.17) is 10.8 Å². The molecule has 2 nitrogen and oxygen atoms in total. The van der Waals surface area contributed by atoms with E-state index in [9.17, 15) is 0 Å². The van der Waals surface area contributed by atoms with Gasteiger partial charge < -0.3 is 10.8 Å². The smallest absolute Gasteiger partial charge is 0.0624 e. The Hall–Kier alpha value is -0.860. The molecule has 0 spiro atoms. The van der Waals surface area contributed by atoms with Crippen LogP contribution in [0.3, 0.4) is 0 Å². The molecule has 1 aromatic rings. The summed E-state index contributed by atoms with van der Waals surface area (Å²) in [5.41, 5.74) is 6.52. The first-order valence-electron chi connectivity index (χ1n) is 3.26. The van der Waals surface area contributed by atoms with Crippen molar-refractivity contribution in [1.82, 2.24) is 0 Å². The number of hydrogen-bond donors (Lipinski definition) is 2. The van der Waals surface area contributed by atoms with Crippen molar-refractivity contribution in [3.05, 3.63) is 35.9 Å². The Kier molecular flexibility index (Phi) is 4.50. The van der Waals surface area contributed by atoms with Crippen molar-refractivity contribution < 1.29 is 5.11 Å². The zero-order valence-electron chi connectivity index (χ0n) is 5.70. The van der Waals surface area contributed by atoms with Crippen LogP contribution in [0.2, 0.25) is 0 Å². The molecule has 2 heteroatoms. The van der Waals surface area contributed by atoms with Gasteiger partial charge in [0.1, 0.15) is 0 Å². The second kappa shape index (κ2) is 4.88. The summed E-state index contributed by atoms with van der Waals surface area (Å²) in [5.74, 6) is 0. The number of benzene rings is 1. The normalized spacial score (nSPS) is 11.8. The van der Waals surface area contributed by atoms with Gasteiger partial charge in [0.25, 0.3) is 0 Å². The van der Waals surface area contributed by atoms with Crippen LogP contribution in [0.4, 0.5) is 0 Å². The van der Waals surface area contributed by atoms with Gasteiger partial charge in [-0.15, -0.1) is 0 Å². The first kappa shape index (κ1) is 10.1. The fraction of sp³-hybridized carbons (Fsp3) is 0.333. The van der Waals surface area contributed by atoms with Crippen molar-refractivity contribution in [3.8, 4) is 0 Å². The highest BCUT2D eigenvalue weighted by molar-refractivity contribution is 5.18. The van der Waals surface area contributed by atoms with Crippen LogP contribution in [0.5, 0.6) is 0 Å². The van der Waals surface area contributed by atoms with E-state index in [1.54, 1.807) is 0 Å². The third-order valence-electron chi connectivity index (χ3n) is 1.42. The van der Waals surface area contributed by atoms with E-state index in [0.29, 0.717) is 0 Å². The first-order chi connectivity index (χ1) is 4.84. The lowest BCUT2D eigenvalue weighted by molar-refractivity contribution is 0.268. The summed E-state index contributed by atoms with van der Waals surface area (Å²) in [7, 11) is 0. The molecule has 0 fully saturated rings. The molecule has 0 saturated carbocycles. The SMILES string of the molecule is C.N[C@@H](CO)c1ccccc1. The number of nitrogens with two attached hydrogens (primary N) is 1. The Labute approximate surface area is 67.7 Å². The van der Waals surface area contributed by atoms with Crippen molar-refractivity contribution in [3.63, 3.8) is 0 Å². The quantitative estimate of drug-likeness (QED) is 0.673. The molecule has 0 aliphatic heterocycles. The summed E-state index contributed by atoms with van der Waals surface area (Å²) >= 11 is 0. The maximum Gasteiger partial charge on any atom is 0.0624 e. The number of aliphatic hydroxyl groups is 1. The Morgan fingerprint density at radius 3 is 2.27 bits per heavy atom. The predicted molar refractivity (Wildman–Crippen MR) is 47.2 cm³/mol. The van der Waals surface area contributed by atoms with Crippen molar-refractivity contribution in [2.45, 2.75) is 13.5 Å². The molecule has 0 aromatic heterocycles. The maximum atomic E-state index is 8.66. The second-order valence-electron chi connectivity index (χ2n) is 2.20. The standard InChI is InChI=1S/C8H11NO.CH4/c9-8(6-10)7-4-2-1-3-5-7;/h1-5,8,10H,6,9H2;1H4/t8-;/m0./s1. The van der Waals surface area contributed by atoms with Crippen molar-refractivity contribution >= 4 is 0 Å². The largest absolute Gasteiger partial charge is 0.394 e. The van der Waals surface area contributed by atoms with E-state index in [2.05, 4.69) is 0 Å². The van der Waals surface area contributed by atoms with Gasteiger partial charge in [0.15, 0.2) is 0 Å². The van der Waals surface area contributed by atoms with Crippen LogP contribution in [0.25, 0.3) is 0 Å². The predicted octanol–water partition coefficient (Wildman–Crippen LogP) is 1.31. The van der Waals surface area contributed by atoms with Crippen molar-refractivity contribution in [1.29, 1.82) is 0 Å². The van der Waals surface area contributed by atoms with Crippen LogP contribution >= 0.6 is 0 Å².